The first kappa shape index (κ1) is 16.7. The number of nitrogens with zero attached hydrogens (tertiary/aromatic N) is 2. The zero-order valence-corrected chi connectivity index (χ0v) is 14.8. The maximum atomic E-state index is 12.1. The quantitative estimate of drug-likeness (QED) is 0.699. The second kappa shape index (κ2) is 7.64. The molecular formula is C19H21N3OS. The summed E-state index contributed by atoms with van der Waals surface area (Å²) < 4.78 is 0. The number of hydrogen-bond donors (Lipinski definition) is 1. The molecule has 3 rings (SSSR count). The number of hydrogen-bond acceptors (Lipinski definition) is 4. The first-order valence-electron chi connectivity index (χ1n) is 7.98. The van der Waals surface area contributed by atoms with Gasteiger partial charge in [0.15, 0.2) is 0 Å². The molecule has 0 saturated heterocycles. The molecular weight excluding hydrogens is 318 g/mol. The summed E-state index contributed by atoms with van der Waals surface area (Å²) >= 11 is 1.84. The van der Waals surface area contributed by atoms with Gasteiger partial charge in [0.25, 0.3) is 5.56 Å². The molecule has 0 spiro atoms. The summed E-state index contributed by atoms with van der Waals surface area (Å²) in [5.41, 5.74) is 1.96. The van der Waals surface area contributed by atoms with Crippen LogP contribution in [0.5, 0.6) is 0 Å². The van der Waals surface area contributed by atoms with Gasteiger partial charge in [-0.3, -0.25) is 9.69 Å². The Morgan fingerprint density at radius 2 is 1.88 bits per heavy atom. The Kier molecular flexibility index (Phi) is 5.33. The number of thioether (sulfide) groups is 1. The van der Waals surface area contributed by atoms with E-state index in [1.54, 1.807) is 6.07 Å². The van der Waals surface area contributed by atoms with Crippen LogP contribution in [0.2, 0.25) is 0 Å². The summed E-state index contributed by atoms with van der Waals surface area (Å²) in [4.78, 5) is 23.0. The SMILES string of the molecule is Cc1ccc(SCCN(C)Cc2nc3ccccc3c(=O)[nH]2)cc1. The van der Waals surface area contributed by atoms with Crippen molar-refractivity contribution in [1.29, 1.82) is 0 Å². The molecule has 0 unspecified atom stereocenters. The Bertz CT molecular complexity index is 874. The summed E-state index contributed by atoms with van der Waals surface area (Å²) in [6.07, 6.45) is 0. The molecule has 0 amide bonds. The Morgan fingerprint density at radius 3 is 2.67 bits per heavy atom. The monoisotopic (exact) mass is 339 g/mol. The molecule has 24 heavy (non-hydrogen) atoms. The topological polar surface area (TPSA) is 49.0 Å². The van der Waals surface area contributed by atoms with Crippen LogP contribution >= 0.6 is 11.8 Å². The average Bonchev–Trinajstić information content (AvgIpc) is 2.57. The van der Waals surface area contributed by atoms with Gasteiger partial charge in [0.2, 0.25) is 0 Å². The van der Waals surface area contributed by atoms with Crippen molar-refractivity contribution < 1.29 is 0 Å². The number of nitrogens with one attached hydrogen (secondary N) is 1. The van der Waals surface area contributed by atoms with Crippen LogP contribution in [0.15, 0.2) is 58.2 Å². The second-order valence-corrected chi connectivity index (χ2v) is 7.10. The Balaban J connectivity index is 1.57. The number of benzene rings is 2. The summed E-state index contributed by atoms with van der Waals surface area (Å²) in [5, 5.41) is 0.638. The third-order valence-corrected chi connectivity index (χ3v) is 4.84. The lowest BCUT2D eigenvalue weighted by molar-refractivity contribution is 0.339. The van der Waals surface area contributed by atoms with Gasteiger partial charge in [-0.15, -0.1) is 11.8 Å². The van der Waals surface area contributed by atoms with Crippen LogP contribution in [0.4, 0.5) is 0 Å². The Morgan fingerprint density at radius 1 is 1.12 bits per heavy atom. The lowest BCUT2D eigenvalue weighted by atomic mass is 10.2. The number of aromatic nitrogens is 2. The number of aromatic amines is 1. The molecule has 3 aromatic rings. The highest BCUT2D eigenvalue weighted by Gasteiger charge is 2.06. The zero-order chi connectivity index (χ0) is 16.9. The van der Waals surface area contributed by atoms with E-state index in [2.05, 4.69) is 46.1 Å². The van der Waals surface area contributed by atoms with Gasteiger partial charge in [0.05, 0.1) is 17.4 Å². The average molecular weight is 339 g/mol. The van der Waals surface area contributed by atoms with Crippen molar-refractivity contribution in [1.82, 2.24) is 14.9 Å². The molecule has 0 aliphatic rings. The highest BCUT2D eigenvalue weighted by molar-refractivity contribution is 7.99. The molecule has 0 radical (unpaired) electrons. The Hall–Kier alpha value is -2.11. The van der Waals surface area contributed by atoms with Crippen LogP contribution < -0.4 is 5.56 Å². The molecule has 1 N–H and O–H groups in total. The summed E-state index contributed by atoms with van der Waals surface area (Å²) in [6, 6.07) is 16.0. The lowest BCUT2D eigenvalue weighted by Crippen LogP contribution is -2.24. The molecule has 0 fully saturated rings. The highest BCUT2D eigenvalue weighted by atomic mass is 32.2. The summed E-state index contributed by atoms with van der Waals surface area (Å²) in [7, 11) is 2.05. The summed E-state index contributed by atoms with van der Waals surface area (Å²) in [5.74, 6) is 1.71. The standard InChI is InChI=1S/C19H21N3OS/c1-14-7-9-15(10-8-14)24-12-11-22(2)13-18-20-17-6-4-3-5-16(17)19(23)21-18/h3-10H,11-13H2,1-2H3,(H,20,21,23). The van der Waals surface area contributed by atoms with E-state index in [4.69, 9.17) is 0 Å². The molecule has 0 bridgehead atoms. The largest absolute Gasteiger partial charge is 0.309 e. The van der Waals surface area contributed by atoms with Crippen molar-refractivity contribution in [3.8, 4) is 0 Å². The smallest absolute Gasteiger partial charge is 0.258 e. The van der Waals surface area contributed by atoms with Gasteiger partial charge in [-0.2, -0.15) is 0 Å². The minimum atomic E-state index is -0.0713. The van der Waals surface area contributed by atoms with Crippen LogP contribution in [0.25, 0.3) is 10.9 Å². The third kappa shape index (κ3) is 4.24. The molecule has 4 nitrogen and oxygen atoms in total. The highest BCUT2D eigenvalue weighted by Crippen LogP contribution is 2.18. The van der Waals surface area contributed by atoms with Crippen LogP contribution in [0.1, 0.15) is 11.4 Å². The first-order valence-corrected chi connectivity index (χ1v) is 8.96. The van der Waals surface area contributed by atoms with E-state index in [1.807, 2.05) is 37.0 Å². The molecule has 124 valence electrons. The zero-order valence-electron chi connectivity index (χ0n) is 14.0. The van der Waals surface area contributed by atoms with E-state index in [1.165, 1.54) is 10.5 Å². The van der Waals surface area contributed by atoms with Gasteiger partial charge in [0.1, 0.15) is 5.82 Å². The molecule has 0 aliphatic heterocycles. The molecule has 5 heteroatoms. The van der Waals surface area contributed by atoms with Gasteiger partial charge >= 0.3 is 0 Å². The van der Waals surface area contributed by atoms with Crippen molar-refractivity contribution in [3.63, 3.8) is 0 Å². The fourth-order valence-electron chi connectivity index (χ4n) is 2.50. The Labute approximate surface area is 145 Å². The molecule has 0 saturated carbocycles. The molecule has 1 aromatic heterocycles. The van der Waals surface area contributed by atoms with Crippen molar-refractivity contribution in [3.05, 3.63) is 70.3 Å². The minimum Gasteiger partial charge on any atom is -0.309 e. The second-order valence-electron chi connectivity index (χ2n) is 5.93. The van der Waals surface area contributed by atoms with E-state index in [-0.39, 0.29) is 5.56 Å². The number of H-pyrrole nitrogens is 1. The van der Waals surface area contributed by atoms with Crippen molar-refractivity contribution in [2.75, 3.05) is 19.3 Å². The van der Waals surface area contributed by atoms with Crippen molar-refractivity contribution >= 4 is 22.7 Å². The van der Waals surface area contributed by atoms with Crippen LogP contribution in [-0.4, -0.2) is 34.2 Å². The van der Waals surface area contributed by atoms with E-state index in [0.717, 1.165) is 17.8 Å². The van der Waals surface area contributed by atoms with Crippen molar-refractivity contribution in [2.45, 2.75) is 18.4 Å². The molecule has 2 aromatic carbocycles. The van der Waals surface area contributed by atoms with Crippen LogP contribution in [0.3, 0.4) is 0 Å². The van der Waals surface area contributed by atoms with E-state index in [9.17, 15) is 4.79 Å². The normalized spacial score (nSPS) is 11.3. The number of aryl methyl sites for hydroxylation is 1. The fourth-order valence-corrected chi connectivity index (χ4v) is 3.47. The minimum absolute atomic E-state index is 0.0713. The molecule has 0 aliphatic carbocycles. The first-order chi connectivity index (χ1) is 11.6. The lowest BCUT2D eigenvalue weighted by Gasteiger charge is -2.15. The van der Waals surface area contributed by atoms with Gasteiger partial charge < -0.3 is 4.98 Å². The van der Waals surface area contributed by atoms with E-state index in [0.29, 0.717) is 17.8 Å². The van der Waals surface area contributed by atoms with Gasteiger partial charge in [0, 0.05) is 17.2 Å². The third-order valence-electron chi connectivity index (χ3n) is 3.84. The number of fused-ring (bicyclic) bond motifs is 1. The van der Waals surface area contributed by atoms with Gasteiger partial charge in [-0.05, 0) is 38.2 Å². The number of rotatable bonds is 6. The maximum absolute atomic E-state index is 12.1. The molecule has 0 atom stereocenters. The summed E-state index contributed by atoms with van der Waals surface area (Å²) in [6.45, 7) is 3.66. The van der Waals surface area contributed by atoms with E-state index >= 15 is 0 Å². The van der Waals surface area contributed by atoms with Crippen molar-refractivity contribution in [2.24, 2.45) is 0 Å². The van der Waals surface area contributed by atoms with Crippen LogP contribution in [-0.2, 0) is 6.54 Å². The maximum Gasteiger partial charge on any atom is 0.258 e. The van der Waals surface area contributed by atoms with E-state index < -0.39 is 0 Å². The van der Waals surface area contributed by atoms with Crippen LogP contribution in [0, 0.1) is 6.92 Å². The van der Waals surface area contributed by atoms with Gasteiger partial charge in [-0.25, -0.2) is 4.98 Å². The molecule has 1 heterocycles. The number of para-hydroxylation sites is 1. The van der Waals surface area contributed by atoms with Gasteiger partial charge in [-0.1, -0.05) is 29.8 Å². The predicted molar refractivity (Wildman–Crippen MR) is 101 cm³/mol. The predicted octanol–water partition coefficient (Wildman–Crippen LogP) is 3.46. The fraction of sp³-hybridized carbons (Fsp3) is 0.263.